The van der Waals surface area contributed by atoms with Gasteiger partial charge >= 0.3 is 16.1 Å². The smallest absolute Gasteiger partial charge is 0.332 e. The zero-order valence-corrected chi connectivity index (χ0v) is 8.64. The summed E-state index contributed by atoms with van der Waals surface area (Å²) >= 11 is 0. The summed E-state index contributed by atoms with van der Waals surface area (Å²) in [4.78, 5) is 6.82. The lowest BCUT2D eigenvalue weighted by molar-refractivity contribution is 0.363. The molecule has 2 heterocycles. The first-order chi connectivity index (χ1) is 7.43. The van der Waals surface area contributed by atoms with Crippen LogP contribution in [0.3, 0.4) is 0 Å². The molecule has 0 radical (unpaired) electrons. The lowest BCUT2D eigenvalue weighted by Gasteiger charge is -1.99. The van der Waals surface area contributed by atoms with Crippen LogP contribution in [0.2, 0.25) is 0 Å². The van der Waals surface area contributed by atoms with E-state index in [-0.39, 0.29) is 6.01 Å². The Bertz CT molecular complexity index is 652. The molecule has 0 aromatic carbocycles. The van der Waals surface area contributed by atoms with Crippen LogP contribution < -0.4 is 4.74 Å². The van der Waals surface area contributed by atoms with Crippen molar-refractivity contribution in [1.29, 1.82) is 0 Å². The van der Waals surface area contributed by atoms with Crippen LogP contribution in [0.4, 0.5) is 4.39 Å². The van der Waals surface area contributed by atoms with Gasteiger partial charge in [-0.05, 0) is 0 Å². The third-order valence-corrected chi connectivity index (χ3v) is 2.32. The lowest BCUT2D eigenvalue weighted by atomic mass is 10.6. The van der Waals surface area contributed by atoms with Crippen molar-refractivity contribution in [3.05, 3.63) is 12.0 Å². The van der Waals surface area contributed by atoms with Crippen LogP contribution in [0.1, 0.15) is 0 Å². The van der Waals surface area contributed by atoms with E-state index in [2.05, 4.69) is 15.1 Å². The third kappa shape index (κ3) is 1.57. The molecule has 0 aliphatic heterocycles. The SMILES string of the molecule is COc1ncc(F)c2nc(S(=O)(=O)O)nn12. The lowest BCUT2D eigenvalue weighted by Crippen LogP contribution is -2.02. The molecule has 2 rings (SSSR count). The van der Waals surface area contributed by atoms with Crippen LogP contribution in [0.25, 0.3) is 5.65 Å². The minimum Gasteiger partial charge on any atom is -0.467 e. The summed E-state index contributed by atoms with van der Waals surface area (Å²) in [5.74, 6) is -0.886. The summed E-state index contributed by atoms with van der Waals surface area (Å²) in [5.41, 5.74) is -0.403. The maximum atomic E-state index is 13.2. The van der Waals surface area contributed by atoms with E-state index in [9.17, 15) is 12.8 Å². The van der Waals surface area contributed by atoms with Crippen LogP contribution >= 0.6 is 0 Å². The Morgan fingerprint density at radius 2 is 2.25 bits per heavy atom. The maximum Gasteiger partial charge on any atom is 0.332 e. The van der Waals surface area contributed by atoms with E-state index in [0.717, 1.165) is 10.7 Å². The minimum atomic E-state index is -4.60. The van der Waals surface area contributed by atoms with E-state index >= 15 is 0 Å². The largest absolute Gasteiger partial charge is 0.467 e. The normalized spacial score (nSPS) is 11.9. The van der Waals surface area contributed by atoms with Gasteiger partial charge in [0.1, 0.15) is 0 Å². The van der Waals surface area contributed by atoms with Crippen LogP contribution in [0, 0.1) is 5.82 Å². The molecule has 0 aliphatic carbocycles. The molecule has 0 aliphatic rings. The zero-order chi connectivity index (χ0) is 11.9. The van der Waals surface area contributed by atoms with Gasteiger partial charge in [-0.25, -0.2) is 9.37 Å². The van der Waals surface area contributed by atoms with E-state index in [1.54, 1.807) is 0 Å². The van der Waals surface area contributed by atoms with Crippen molar-refractivity contribution in [3.8, 4) is 6.01 Å². The molecule has 86 valence electrons. The second kappa shape index (κ2) is 3.35. The number of ether oxygens (including phenoxy) is 1. The first-order valence-electron chi connectivity index (χ1n) is 3.86. The summed E-state index contributed by atoms with van der Waals surface area (Å²) < 4.78 is 48.8. The van der Waals surface area contributed by atoms with Crippen molar-refractivity contribution in [1.82, 2.24) is 19.6 Å². The molecular formula is C6H5FN4O4S. The van der Waals surface area contributed by atoms with Gasteiger partial charge in [0.2, 0.25) is 0 Å². The molecule has 10 heteroatoms. The van der Waals surface area contributed by atoms with E-state index in [4.69, 9.17) is 9.29 Å². The van der Waals surface area contributed by atoms with Crippen molar-refractivity contribution >= 4 is 15.8 Å². The van der Waals surface area contributed by atoms with Crippen molar-refractivity contribution in [3.63, 3.8) is 0 Å². The van der Waals surface area contributed by atoms with Gasteiger partial charge in [-0.2, -0.15) is 17.9 Å². The highest BCUT2D eigenvalue weighted by atomic mass is 32.2. The number of nitrogens with zero attached hydrogens (tertiary/aromatic N) is 4. The molecular weight excluding hydrogens is 243 g/mol. The Morgan fingerprint density at radius 3 is 2.81 bits per heavy atom. The Morgan fingerprint density at radius 1 is 1.56 bits per heavy atom. The van der Waals surface area contributed by atoms with Gasteiger partial charge in [-0.15, -0.1) is 5.10 Å². The number of methoxy groups -OCH3 is 1. The molecule has 2 aromatic heterocycles. The predicted octanol–water partition coefficient (Wildman–Crippen LogP) is -0.481. The molecule has 8 nitrogen and oxygen atoms in total. The first-order valence-corrected chi connectivity index (χ1v) is 5.30. The van der Waals surface area contributed by atoms with Gasteiger partial charge in [-0.3, -0.25) is 4.55 Å². The molecule has 0 amide bonds. The summed E-state index contributed by atoms with van der Waals surface area (Å²) in [6.07, 6.45) is 0.802. The zero-order valence-electron chi connectivity index (χ0n) is 7.82. The Labute approximate surface area is 88.4 Å². The molecule has 0 unspecified atom stereocenters. The third-order valence-electron chi connectivity index (χ3n) is 1.68. The molecule has 2 aromatic rings. The second-order valence-electron chi connectivity index (χ2n) is 2.70. The molecule has 0 fully saturated rings. The van der Waals surface area contributed by atoms with E-state index in [1.165, 1.54) is 7.11 Å². The van der Waals surface area contributed by atoms with Crippen LogP contribution in [-0.2, 0) is 10.1 Å². The number of hydrogen-bond acceptors (Lipinski definition) is 6. The van der Waals surface area contributed by atoms with Gasteiger partial charge in [-0.1, -0.05) is 0 Å². The quantitative estimate of drug-likeness (QED) is 0.715. The second-order valence-corrected chi connectivity index (χ2v) is 4.01. The summed E-state index contributed by atoms with van der Waals surface area (Å²) in [6, 6.07) is -0.154. The standard InChI is InChI=1S/C6H5FN4O4S/c1-15-6-8-2-3(7)4-9-5(10-11(4)6)16(12,13)14/h2H,1H3,(H,12,13,14). The monoisotopic (exact) mass is 248 g/mol. The van der Waals surface area contributed by atoms with Crippen LogP contribution in [0.15, 0.2) is 11.4 Å². The summed E-state index contributed by atoms with van der Waals surface area (Å²) in [6.45, 7) is 0. The highest BCUT2D eigenvalue weighted by Crippen LogP contribution is 2.14. The van der Waals surface area contributed by atoms with Gasteiger partial charge in [0.15, 0.2) is 11.5 Å². The van der Waals surface area contributed by atoms with E-state index in [1.807, 2.05) is 0 Å². The minimum absolute atomic E-state index is 0.154. The molecule has 0 saturated carbocycles. The topological polar surface area (TPSA) is 107 Å². The van der Waals surface area contributed by atoms with Crippen molar-refractivity contribution in [2.45, 2.75) is 5.16 Å². The van der Waals surface area contributed by atoms with Crippen molar-refractivity contribution in [2.75, 3.05) is 7.11 Å². The van der Waals surface area contributed by atoms with Gasteiger partial charge in [0.05, 0.1) is 13.3 Å². The predicted molar refractivity (Wildman–Crippen MR) is 47.1 cm³/mol. The highest BCUT2D eigenvalue weighted by molar-refractivity contribution is 7.85. The Balaban J connectivity index is 2.83. The average molecular weight is 248 g/mol. The summed E-state index contributed by atoms with van der Waals surface area (Å²) in [7, 11) is -3.35. The fourth-order valence-electron chi connectivity index (χ4n) is 1.05. The molecule has 0 bridgehead atoms. The van der Waals surface area contributed by atoms with Gasteiger partial charge < -0.3 is 4.74 Å². The molecule has 1 N–H and O–H groups in total. The fourth-order valence-corrected chi connectivity index (χ4v) is 1.44. The molecule has 0 spiro atoms. The number of fused-ring (bicyclic) bond motifs is 1. The van der Waals surface area contributed by atoms with Crippen molar-refractivity contribution in [2.24, 2.45) is 0 Å². The fraction of sp³-hybridized carbons (Fsp3) is 0.167. The van der Waals surface area contributed by atoms with Crippen LogP contribution in [0.5, 0.6) is 6.01 Å². The summed E-state index contributed by atoms with van der Waals surface area (Å²) in [5, 5.41) is 2.44. The van der Waals surface area contributed by atoms with Gasteiger partial charge in [0, 0.05) is 0 Å². The van der Waals surface area contributed by atoms with Gasteiger partial charge in [0.25, 0.3) is 5.16 Å². The number of halogens is 1. The first kappa shape index (κ1) is 10.7. The van der Waals surface area contributed by atoms with E-state index < -0.39 is 26.7 Å². The van der Waals surface area contributed by atoms with Crippen molar-refractivity contribution < 1.29 is 22.1 Å². The maximum absolute atomic E-state index is 13.2. The number of aromatic nitrogens is 4. The highest BCUT2D eigenvalue weighted by Gasteiger charge is 2.21. The molecule has 0 saturated heterocycles. The van der Waals surface area contributed by atoms with Crippen LogP contribution in [-0.4, -0.2) is 39.7 Å². The number of rotatable bonds is 2. The molecule has 0 atom stereocenters. The van der Waals surface area contributed by atoms with E-state index in [0.29, 0.717) is 0 Å². The Hall–Kier alpha value is -1.81. The molecule has 16 heavy (non-hydrogen) atoms. The average Bonchev–Trinajstić information content (AvgIpc) is 2.63. The number of hydrogen-bond donors (Lipinski definition) is 1. The Kier molecular flexibility index (Phi) is 2.24.